The van der Waals surface area contributed by atoms with Crippen molar-refractivity contribution in [2.24, 2.45) is 0 Å². The van der Waals surface area contributed by atoms with Crippen molar-refractivity contribution >= 4 is 23.4 Å². The molecule has 0 amide bonds. The highest BCUT2D eigenvalue weighted by Crippen LogP contribution is 2.27. The summed E-state index contributed by atoms with van der Waals surface area (Å²) >= 11 is 6.06. The lowest BCUT2D eigenvalue weighted by molar-refractivity contribution is -0.151. The number of ether oxygens (including phenoxy) is 2. The van der Waals surface area contributed by atoms with E-state index >= 15 is 0 Å². The summed E-state index contributed by atoms with van der Waals surface area (Å²) < 4.78 is 11.3. The fraction of sp³-hybridized carbons (Fsp3) is 0.500. The molecule has 0 saturated carbocycles. The number of benzene rings is 1. The first-order valence-electron chi connectivity index (χ1n) is 11.0. The number of aromatic nitrogens is 1. The Hall–Kier alpha value is -2.15. The summed E-state index contributed by atoms with van der Waals surface area (Å²) in [6.07, 6.45) is 4.84. The van der Waals surface area contributed by atoms with Crippen LogP contribution < -0.4 is 4.90 Å². The Balaban J connectivity index is 1.42. The Bertz CT molecular complexity index is 841. The van der Waals surface area contributed by atoms with E-state index in [4.69, 9.17) is 21.1 Å². The van der Waals surface area contributed by atoms with E-state index < -0.39 is 0 Å². The molecule has 6 nitrogen and oxygen atoms in total. The summed E-state index contributed by atoms with van der Waals surface area (Å²) in [6, 6.07) is 14.9. The quantitative estimate of drug-likeness (QED) is 0.636. The maximum atomic E-state index is 11.3. The van der Waals surface area contributed by atoms with E-state index in [-0.39, 0.29) is 12.1 Å². The van der Waals surface area contributed by atoms with E-state index in [1.807, 2.05) is 30.5 Å². The van der Waals surface area contributed by atoms with E-state index in [1.165, 1.54) is 12.5 Å². The zero-order valence-electron chi connectivity index (χ0n) is 18.0. The molecule has 2 fully saturated rings. The molecule has 4 rings (SSSR count). The highest BCUT2D eigenvalue weighted by atomic mass is 35.5. The van der Waals surface area contributed by atoms with Crippen molar-refractivity contribution < 1.29 is 14.3 Å². The van der Waals surface area contributed by atoms with Crippen LogP contribution in [0, 0.1) is 0 Å². The number of rotatable bonds is 6. The molecular formula is C24H30ClN3O3. The molecule has 0 radical (unpaired) electrons. The van der Waals surface area contributed by atoms with E-state index in [2.05, 4.69) is 33.0 Å². The van der Waals surface area contributed by atoms with Gasteiger partial charge in [0.25, 0.3) is 0 Å². The minimum atomic E-state index is -0.262. The molecule has 3 heterocycles. The second kappa shape index (κ2) is 10.4. The minimum Gasteiger partial charge on any atom is -0.463 e. The summed E-state index contributed by atoms with van der Waals surface area (Å²) in [5.41, 5.74) is 1.26. The summed E-state index contributed by atoms with van der Waals surface area (Å²) in [6.45, 7) is 5.14. The molecule has 1 aromatic carbocycles. The van der Waals surface area contributed by atoms with E-state index in [0.717, 1.165) is 49.7 Å². The smallest absolute Gasteiger partial charge is 0.302 e. The molecule has 166 valence electrons. The Kier molecular flexibility index (Phi) is 7.43. The Morgan fingerprint density at radius 1 is 1.19 bits per heavy atom. The molecule has 0 bridgehead atoms. The minimum absolute atomic E-state index is 0.0841. The Morgan fingerprint density at radius 2 is 1.97 bits per heavy atom. The molecule has 7 heteroatoms. The van der Waals surface area contributed by atoms with Crippen LogP contribution in [0.4, 0.5) is 5.82 Å². The molecular weight excluding hydrogens is 414 g/mol. The number of carbonyl (C=O) groups is 1. The number of hydrogen-bond donors (Lipinski definition) is 0. The predicted molar refractivity (Wildman–Crippen MR) is 121 cm³/mol. The lowest BCUT2D eigenvalue weighted by atomic mass is 9.96. The largest absolute Gasteiger partial charge is 0.463 e. The van der Waals surface area contributed by atoms with Gasteiger partial charge < -0.3 is 14.4 Å². The maximum Gasteiger partial charge on any atom is 0.302 e. The van der Waals surface area contributed by atoms with Gasteiger partial charge in [-0.2, -0.15) is 0 Å². The highest BCUT2D eigenvalue weighted by Gasteiger charge is 2.36. The number of esters is 1. The van der Waals surface area contributed by atoms with Gasteiger partial charge >= 0.3 is 5.97 Å². The molecule has 2 aliphatic rings. The van der Waals surface area contributed by atoms with Crippen LogP contribution in [-0.2, 0) is 20.7 Å². The van der Waals surface area contributed by atoms with Crippen molar-refractivity contribution in [3.05, 3.63) is 59.2 Å². The van der Waals surface area contributed by atoms with Crippen LogP contribution in [0.15, 0.2) is 48.7 Å². The van der Waals surface area contributed by atoms with Crippen molar-refractivity contribution in [1.29, 1.82) is 0 Å². The summed E-state index contributed by atoms with van der Waals surface area (Å²) in [5.74, 6) is 0.787. The van der Waals surface area contributed by atoms with Gasteiger partial charge in [-0.15, -0.1) is 0 Å². The average Bonchev–Trinajstić information content (AvgIpc) is 2.80. The van der Waals surface area contributed by atoms with Gasteiger partial charge in [0.1, 0.15) is 18.5 Å². The van der Waals surface area contributed by atoms with Crippen molar-refractivity contribution in [2.75, 3.05) is 37.7 Å². The highest BCUT2D eigenvalue weighted by molar-refractivity contribution is 6.30. The first-order chi connectivity index (χ1) is 15.1. The zero-order valence-corrected chi connectivity index (χ0v) is 18.7. The van der Waals surface area contributed by atoms with Crippen molar-refractivity contribution in [3.63, 3.8) is 0 Å². The normalized spacial score (nSPS) is 23.0. The standard InChI is InChI=1S/C24H30ClN3O3/c1-18(29)30-17-23-15-28(22(16-31-23)14-19-5-7-20(25)8-6-19)21-9-12-27(13-10-21)24-4-2-3-11-26-24/h2-8,11,21-23H,9-10,12-17H2,1H3. The molecule has 2 saturated heterocycles. The molecule has 2 atom stereocenters. The average molecular weight is 444 g/mol. The molecule has 2 aliphatic heterocycles. The molecule has 1 aromatic heterocycles. The monoisotopic (exact) mass is 443 g/mol. The van der Waals surface area contributed by atoms with Crippen LogP contribution in [0.5, 0.6) is 0 Å². The van der Waals surface area contributed by atoms with Crippen LogP contribution >= 0.6 is 11.6 Å². The molecule has 2 unspecified atom stereocenters. The summed E-state index contributed by atoms with van der Waals surface area (Å²) in [7, 11) is 0. The number of pyridine rings is 1. The third kappa shape index (κ3) is 5.97. The second-order valence-corrected chi connectivity index (χ2v) is 8.78. The van der Waals surface area contributed by atoms with Gasteiger partial charge in [0.05, 0.1) is 6.61 Å². The van der Waals surface area contributed by atoms with Crippen LogP contribution in [-0.4, -0.2) is 66.9 Å². The number of anilines is 1. The van der Waals surface area contributed by atoms with E-state index in [1.54, 1.807) is 0 Å². The van der Waals surface area contributed by atoms with Crippen molar-refractivity contribution in [2.45, 2.75) is 44.4 Å². The third-order valence-electron chi connectivity index (χ3n) is 6.17. The van der Waals surface area contributed by atoms with E-state index in [9.17, 15) is 4.79 Å². The van der Waals surface area contributed by atoms with E-state index in [0.29, 0.717) is 25.3 Å². The van der Waals surface area contributed by atoms with Crippen LogP contribution in [0.2, 0.25) is 5.02 Å². The van der Waals surface area contributed by atoms with Crippen LogP contribution in [0.3, 0.4) is 0 Å². The molecule has 31 heavy (non-hydrogen) atoms. The number of piperidine rings is 1. The predicted octanol–water partition coefficient (Wildman–Crippen LogP) is 3.58. The number of hydrogen-bond acceptors (Lipinski definition) is 6. The molecule has 0 aliphatic carbocycles. The SMILES string of the molecule is CC(=O)OCC1CN(C2CCN(c3ccccn3)CC2)C(Cc2ccc(Cl)cc2)CO1. The fourth-order valence-electron chi connectivity index (χ4n) is 4.57. The van der Waals surface area contributed by atoms with Crippen LogP contribution in [0.25, 0.3) is 0 Å². The lowest BCUT2D eigenvalue weighted by Gasteiger charge is -2.46. The van der Waals surface area contributed by atoms with Gasteiger partial charge in [0, 0.05) is 49.9 Å². The molecule has 0 spiro atoms. The van der Waals surface area contributed by atoms with Gasteiger partial charge in [-0.1, -0.05) is 29.8 Å². The van der Waals surface area contributed by atoms with Crippen LogP contribution in [0.1, 0.15) is 25.3 Å². The zero-order chi connectivity index (χ0) is 21.6. The first-order valence-corrected chi connectivity index (χ1v) is 11.4. The van der Waals surface area contributed by atoms with Gasteiger partial charge in [0.15, 0.2) is 0 Å². The number of carbonyl (C=O) groups excluding carboxylic acids is 1. The molecule has 2 aromatic rings. The van der Waals surface area contributed by atoms with Gasteiger partial charge in [0.2, 0.25) is 0 Å². The summed E-state index contributed by atoms with van der Waals surface area (Å²) in [4.78, 5) is 20.7. The second-order valence-electron chi connectivity index (χ2n) is 8.35. The fourth-order valence-corrected chi connectivity index (χ4v) is 4.70. The maximum absolute atomic E-state index is 11.3. The topological polar surface area (TPSA) is 54.9 Å². The molecule has 0 N–H and O–H groups in total. The van der Waals surface area contributed by atoms with Gasteiger partial charge in [-0.25, -0.2) is 4.98 Å². The van der Waals surface area contributed by atoms with Crippen molar-refractivity contribution in [1.82, 2.24) is 9.88 Å². The Labute approximate surface area is 189 Å². The third-order valence-corrected chi connectivity index (χ3v) is 6.42. The number of nitrogens with zero attached hydrogens (tertiary/aromatic N) is 3. The first kappa shape index (κ1) is 22.1. The number of morpholine rings is 1. The summed E-state index contributed by atoms with van der Waals surface area (Å²) in [5, 5.41) is 0.754. The Morgan fingerprint density at radius 3 is 2.65 bits per heavy atom. The number of halogens is 1. The van der Waals surface area contributed by atoms with Gasteiger partial charge in [-0.05, 0) is 49.1 Å². The van der Waals surface area contributed by atoms with Gasteiger partial charge in [-0.3, -0.25) is 9.69 Å². The van der Waals surface area contributed by atoms with Crippen molar-refractivity contribution in [3.8, 4) is 0 Å². The lowest BCUT2D eigenvalue weighted by Crippen LogP contribution is -2.58.